The van der Waals surface area contributed by atoms with Crippen LogP contribution in [0, 0.1) is 0 Å². The van der Waals surface area contributed by atoms with Crippen molar-refractivity contribution >= 4 is 5.91 Å². The zero-order chi connectivity index (χ0) is 17.5. The van der Waals surface area contributed by atoms with E-state index in [4.69, 9.17) is 0 Å². The van der Waals surface area contributed by atoms with E-state index in [2.05, 4.69) is 22.2 Å². The molecule has 2 N–H and O–H groups in total. The lowest BCUT2D eigenvalue weighted by Gasteiger charge is -2.18. The average Bonchev–Trinajstić information content (AvgIpc) is 2.60. The van der Waals surface area contributed by atoms with E-state index >= 15 is 0 Å². The summed E-state index contributed by atoms with van der Waals surface area (Å²) in [5.41, 5.74) is 0.240. The Hall–Kier alpha value is -2.70. The molecule has 0 spiro atoms. The number of amides is 1. The van der Waals surface area contributed by atoms with Gasteiger partial charge in [0.05, 0.1) is 12.5 Å². The van der Waals surface area contributed by atoms with Crippen LogP contribution in [0.3, 0.4) is 0 Å². The highest BCUT2D eigenvalue weighted by molar-refractivity contribution is 5.78. The molecule has 0 saturated carbocycles. The van der Waals surface area contributed by atoms with Gasteiger partial charge >= 0.3 is 5.69 Å². The summed E-state index contributed by atoms with van der Waals surface area (Å²) < 4.78 is 0.957. The fourth-order valence-corrected chi connectivity index (χ4v) is 2.47. The summed E-state index contributed by atoms with van der Waals surface area (Å²) in [6.07, 6.45) is 7.44. The van der Waals surface area contributed by atoms with Gasteiger partial charge in [-0.25, -0.2) is 4.79 Å². The quantitative estimate of drug-likeness (QED) is 0.793. The van der Waals surface area contributed by atoms with Crippen molar-refractivity contribution in [2.75, 3.05) is 0 Å². The van der Waals surface area contributed by atoms with Gasteiger partial charge in [-0.3, -0.25) is 19.1 Å². The Bertz CT molecular complexity index is 795. The minimum Gasteiger partial charge on any atom is -0.349 e. The van der Waals surface area contributed by atoms with Crippen LogP contribution in [0.1, 0.15) is 43.4 Å². The van der Waals surface area contributed by atoms with Crippen LogP contribution in [0.5, 0.6) is 0 Å². The Morgan fingerprint density at radius 3 is 2.88 bits per heavy atom. The number of nitrogens with one attached hydrogen (secondary N) is 2. The zero-order valence-corrected chi connectivity index (χ0v) is 13.9. The molecule has 24 heavy (non-hydrogen) atoms. The largest absolute Gasteiger partial charge is 0.349 e. The van der Waals surface area contributed by atoms with Gasteiger partial charge in [-0.05, 0) is 18.1 Å². The molecule has 0 fully saturated rings. The Balaban J connectivity index is 2.12. The number of unbranched alkanes of at least 4 members (excludes halogenated alkanes) is 1. The molecule has 0 bridgehead atoms. The van der Waals surface area contributed by atoms with Gasteiger partial charge in [0.15, 0.2) is 0 Å². The first-order valence-corrected chi connectivity index (χ1v) is 7.99. The number of carbonyl (C=O) groups is 1. The number of hydrogen-bond donors (Lipinski definition) is 2. The van der Waals surface area contributed by atoms with Gasteiger partial charge < -0.3 is 10.3 Å². The van der Waals surface area contributed by atoms with Gasteiger partial charge in [0.25, 0.3) is 5.56 Å². The third-order valence-electron chi connectivity index (χ3n) is 3.87. The third-order valence-corrected chi connectivity index (χ3v) is 3.87. The van der Waals surface area contributed by atoms with Gasteiger partial charge in [0.2, 0.25) is 5.91 Å². The molecule has 1 amide bonds. The van der Waals surface area contributed by atoms with Crippen LogP contribution in [0.4, 0.5) is 0 Å². The van der Waals surface area contributed by atoms with Crippen molar-refractivity contribution in [1.29, 1.82) is 0 Å². The molecule has 0 aliphatic heterocycles. The maximum absolute atomic E-state index is 12.3. The normalized spacial score (nSPS) is 11.9. The van der Waals surface area contributed by atoms with Gasteiger partial charge in [-0.2, -0.15) is 0 Å². The summed E-state index contributed by atoms with van der Waals surface area (Å²) in [6, 6.07) is 3.61. The molecule has 0 aliphatic carbocycles. The van der Waals surface area contributed by atoms with Crippen LogP contribution in [0.2, 0.25) is 0 Å². The molecule has 0 radical (unpaired) electrons. The average molecular weight is 330 g/mol. The number of carbonyl (C=O) groups excluding carboxylic acids is 1. The van der Waals surface area contributed by atoms with Gasteiger partial charge in [-0.15, -0.1) is 0 Å². The highest BCUT2D eigenvalue weighted by Gasteiger charge is 2.16. The second kappa shape index (κ2) is 8.24. The van der Waals surface area contributed by atoms with E-state index in [9.17, 15) is 14.4 Å². The highest BCUT2D eigenvalue weighted by Crippen LogP contribution is 2.18. The Kier molecular flexibility index (Phi) is 6.06. The SMILES string of the molecule is CCCC[C@H](NC(=O)Cc1c[nH]c(=O)n(C)c1=O)c1cccnc1. The molecule has 0 saturated heterocycles. The molecule has 7 heteroatoms. The predicted octanol–water partition coefficient (Wildman–Crippen LogP) is 1.06. The molecule has 0 unspecified atom stereocenters. The van der Waals surface area contributed by atoms with Gasteiger partial charge in [0.1, 0.15) is 0 Å². The highest BCUT2D eigenvalue weighted by atomic mass is 16.2. The first kappa shape index (κ1) is 17.7. The minimum absolute atomic E-state index is 0.0770. The van der Waals surface area contributed by atoms with E-state index in [1.807, 2.05) is 12.1 Å². The number of pyridine rings is 1. The van der Waals surface area contributed by atoms with E-state index in [1.54, 1.807) is 12.4 Å². The lowest BCUT2D eigenvalue weighted by molar-refractivity contribution is -0.121. The van der Waals surface area contributed by atoms with Crippen LogP contribution in [-0.2, 0) is 18.3 Å². The lowest BCUT2D eigenvalue weighted by Crippen LogP contribution is -2.37. The van der Waals surface area contributed by atoms with Crippen LogP contribution in [0.15, 0.2) is 40.3 Å². The minimum atomic E-state index is -0.500. The van der Waals surface area contributed by atoms with Crippen LogP contribution in [0.25, 0.3) is 0 Å². The molecular formula is C17H22N4O3. The van der Waals surface area contributed by atoms with Gasteiger partial charge in [0, 0.05) is 31.2 Å². The molecule has 2 heterocycles. The van der Waals surface area contributed by atoms with Crippen molar-refractivity contribution in [3.05, 3.63) is 62.7 Å². The first-order valence-electron chi connectivity index (χ1n) is 7.99. The molecular weight excluding hydrogens is 308 g/mol. The zero-order valence-electron chi connectivity index (χ0n) is 13.9. The van der Waals surface area contributed by atoms with E-state index < -0.39 is 11.2 Å². The Morgan fingerprint density at radius 1 is 1.42 bits per heavy atom. The number of nitrogens with zero attached hydrogens (tertiary/aromatic N) is 2. The number of H-pyrrole nitrogens is 1. The van der Waals surface area contributed by atoms with E-state index in [-0.39, 0.29) is 23.9 Å². The number of aromatic nitrogens is 3. The van der Waals surface area contributed by atoms with Crippen molar-refractivity contribution in [1.82, 2.24) is 19.9 Å². The van der Waals surface area contributed by atoms with E-state index in [0.717, 1.165) is 29.4 Å². The molecule has 2 aromatic rings. The molecule has 128 valence electrons. The monoisotopic (exact) mass is 330 g/mol. The summed E-state index contributed by atoms with van der Waals surface area (Å²) in [5, 5.41) is 2.96. The topological polar surface area (TPSA) is 96.9 Å². The Morgan fingerprint density at radius 2 is 2.21 bits per heavy atom. The molecule has 0 aliphatic rings. The van der Waals surface area contributed by atoms with Crippen molar-refractivity contribution < 1.29 is 4.79 Å². The summed E-state index contributed by atoms with van der Waals surface area (Å²) in [7, 11) is 1.38. The maximum atomic E-state index is 12.3. The second-order valence-corrected chi connectivity index (χ2v) is 5.71. The standard InChI is InChI=1S/C17H22N4O3/c1-3-4-7-14(12-6-5-8-18-10-12)20-15(22)9-13-11-19-17(24)21(2)16(13)23/h5-6,8,10-11,14H,3-4,7,9H2,1-2H3,(H,19,24)(H,20,22)/t14-/m0/s1. The fraction of sp³-hybridized carbons (Fsp3) is 0.412. The fourth-order valence-electron chi connectivity index (χ4n) is 2.47. The van der Waals surface area contributed by atoms with E-state index in [0.29, 0.717) is 0 Å². The van der Waals surface area contributed by atoms with Crippen molar-refractivity contribution in [3.63, 3.8) is 0 Å². The molecule has 2 aromatic heterocycles. The third kappa shape index (κ3) is 4.41. The van der Waals surface area contributed by atoms with Crippen LogP contribution in [-0.4, -0.2) is 20.4 Å². The number of rotatable bonds is 7. The van der Waals surface area contributed by atoms with E-state index in [1.165, 1.54) is 13.2 Å². The van der Waals surface area contributed by atoms with Crippen molar-refractivity contribution in [3.8, 4) is 0 Å². The summed E-state index contributed by atoms with van der Waals surface area (Å²) in [6.45, 7) is 2.09. The molecule has 0 aromatic carbocycles. The molecule has 2 rings (SSSR count). The smallest absolute Gasteiger partial charge is 0.328 e. The summed E-state index contributed by atoms with van der Waals surface area (Å²) in [4.78, 5) is 42.2. The van der Waals surface area contributed by atoms with Gasteiger partial charge in [-0.1, -0.05) is 25.8 Å². The Labute approximate surface area is 139 Å². The molecule has 1 atom stereocenters. The summed E-state index contributed by atoms with van der Waals surface area (Å²) in [5.74, 6) is -0.260. The summed E-state index contributed by atoms with van der Waals surface area (Å²) >= 11 is 0. The predicted molar refractivity (Wildman–Crippen MR) is 90.7 cm³/mol. The molecule has 7 nitrogen and oxygen atoms in total. The second-order valence-electron chi connectivity index (χ2n) is 5.71. The lowest BCUT2D eigenvalue weighted by atomic mass is 10.0. The van der Waals surface area contributed by atoms with Crippen LogP contribution < -0.4 is 16.6 Å². The number of hydrogen-bond acceptors (Lipinski definition) is 4. The maximum Gasteiger partial charge on any atom is 0.328 e. The van der Waals surface area contributed by atoms with Crippen molar-refractivity contribution in [2.24, 2.45) is 7.05 Å². The first-order chi connectivity index (χ1) is 11.5. The van der Waals surface area contributed by atoms with Crippen molar-refractivity contribution in [2.45, 2.75) is 38.6 Å². The number of aromatic amines is 1. The van der Waals surface area contributed by atoms with Crippen LogP contribution >= 0.6 is 0 Å².